The molecule has 0 fully saturated rings. The summed E-state index contributed by atoms with van der Waals surface area (Å²) in [5.41, 5.74) is 2.29. The van der Waals surface area contributed by atoms with E-state index in [0.29, 0.717) is 0 Å². The van der Waals surface area contributed by atoms with Crippen molar-refractivity contribution in [2.45, 2.75) is 19.4 Å². The summed E-state index contributed by atoms with van der Waals surface area (Å²) in [5, 5.41) is 5.74. The fraction of sp³-hybridized carbons (Fsp3) is 0.286. The number of thiazole rings is 1. The molecule has 0 saturated carbocycles. The fourth-order valence-corrected chi connectivity index (χ4v) is 3.02. The van der Waals surface area contributed by atoms with E-state index in [-0.39, 0.29) is 18.5 Å². The first-order chi connectivity index (χ1) is 9.25. The number of nitrogens with zero attached hydrogens (tertiary/aromatic N) is 2. The predicted molar refractivity (Wildman–Crippen MR) is 77.7 cm³/mol. The Labute approximate surface area is 116 Å². The summed E-state index contributed by atoms with van der Waals surface area (Å²) in [6.07, 6.45) is 2.66. The second-order valence-electron chi connectivity index (χ2n) is 4.64. The van der Waals surface area contributed by atoms with Crippen molar-refractivity contribution in [2.75, 3.05) is 16.8 Å². The van der Waals surface area contributed by atoms with Gasteiger partial charge in [-0.15, -0.1) is 11.3 Å². The van der Waals surface area contributed by atoms with Gasteiger partial charge in [0.05, 0.1) is 6.54 Å². The highest BCUT2D eigenvalue weighted by atomic mass is 32.1. The summed E-state index contributed by atoms with van der Waals surface area (Å²) in [4.78, 5) is 18.4. The Morgan fingerprint density at radius 1 is 1.53 bits per heavy atom. The van der Waals surface area contributed by atoms with Gasteiger partial charge in [-0.1, -0.05) is 18.2 Å². The molecule has 4 nitrogen and oxygen atoms in total. The maximum Gasteiger partial charge on any atom is 0.246 e. The summed E-state index contributed by atoms with van der Waals surface area (Å²) in [6.45, 7) is 2.37. The van der Waals surface area contributed by atoms with Gasteiger partial charge >= 0.3 is 0 Å². The van der Waals surface area contributed by atoms with Gasteiger partial charge in [0.2, 0.25) is 5.91 Å². The normalized spacial score (nSPS) is 17.3. The number of rotatable bonds is 3. The van der Waals surface area contributed by atoms with Crippen LogP contribution in [0.2, 0.25) is 0 Å². The van der Waals surface area contributed by atoms with Crippen molar-refractivity contribution in [2.24, 2.45) is 0 Å². The van der Waals surface area contributed by atoms with E-state index in [1.165, 1.54) is 16.9 Å². The van der Waals surface area contributed by atoms with Crippen molar-refractivity contribution in [3.05, 3.63) is 41.4 Å². The SMILES string of the molecule is CC1Cc2ccccc2N1C(=O)CNc1nccs1. The molecule has 0 spiro atoms. The van der Waals surface area contributed by atoms with Crippen molar-refractivity contribution in [3.63, 3.8) is 0 Å². The second-order valence-corrected chi connectivity index (χ2v) is 5.53. The lowest BCUT2D eigenvalue weighted by atomic mass is 10.1. The Balaban J connectivity index is 1.73. The van der Waals surface area contributed by atoms with Crippen LogP contribution in [0.15, 0.2) is 35.8 Å². The molecule has 1 amide bonds. The number of benzene rings is 1. The van der Waals surface area contributed by atoms with E-state index in [1.807, 2.05) is 28.5 Å². The molecular formula is C14H15N3OS. The van der Waals surface area contributed by atoms with E-state index in [1.54, 1.807) is 6.20 Å². The molecule has 1 aromatic carbocycles. The van der Waals surface area contributed by atoms with E-state index < -0.39 is 0 Å². The Bertz CT molecular complexity index is 582. The number of aromatic nitrogens is 1. The van der Waals surface area contributed by atoms with E-state index in [9.17, 15) is 4.79 Å². The van der Waals surface area contributed by atoms with Gasteiger partial charge in [0.15, 0.2) is 5.13 Å². The minimum Gasteiger partial charge on any atom is -0.352 e. The number of carbonyl (C=O) groups is 1. The zero-order valence-corrected chi connectivity index (χ0v) is 11.5. The number of para-hydroxylation sites is 1. The summed E-state index contributed by atoms with van der Waals surface area (Å²) in [7, 11) is 0. The first-order valence-electron chi connectivity index (χ1n) is 6.29. The van der Waals surface area contributed by atoms with Gasteiger partial charge in [-0.25, -0.2) is 4.98 Å². The van der Waals surface area contributed by atoms with Crippen LogP contribution in [0, 0.1) is 0 Å². The molecule has 2 aromatic rings. The molecule has 3 rings (SSSR count). The number of nitrogens with one attached hydrogen (secondary N) is 1. The van der Waals surface area contributed by atoms with E-state index in [4.69, 9.17) is 0 Å². The Hall–Kier alpha value is -1.88. The molecular weight excluding hydrogens is 258 g/mol. The number of anilines is 2. The smallest absolute Gasteiger partial charge is 0.246 e. The first kappa shape index (κ1) is 12.2. The average Bonchev–Trinajstić information content (AvgIpc) is 3.02. The highest BCUT2D eigenvalue weighted by molar-refractivity contribution is 7.13. The van der Waals surface area contributed by atoms with Crippen LogP contribution in [0.1, 0.15) is 12.5 Å². The molecule has 0 bridgehead atoms. The lowest BCUT2D eigenvalue weighted by Crippen LogP contribution is -2.39. The highest BCUT2D eigenvalue weighted by Gasteiger charge is 2.30. The van der Waals surface area contributed by atoms with Gasteiger partial charge in [-0.2, -0.15) is 0 Å². The van der Waals surface area contributed by atoms with Crippen LogP contribution >= 0.6 is 11.3 Å². The maximum atomic E-state index is 12.4. The molecule has 1 aliphatic rings. The quantitative estimate of drug-likeness (QED) is 0.934. The highest BCUT2D eigenvalue weighted by Crippen LogP contribution is 2.31. The second kappa shape index (κ2) is 5.01. The van der Waals surface area contributed by atoms with Crippen LogP contribution in [-0.2, 0) is 11.2 Å². The van der Waals surface area contributed by atoms with Crippen LogP contribution in [-0.4, -0.2) is 23.5 Å². The number of fused-ring (bicyclic) bond motifs is 1. The number of amides is 1. The molecule has 1 aliphatic heterocycles. The van der Waals surface area contributed by atoms with Crippen molar-refractivity contribution >= 4 is 28.1 Å². The van der Waals surface area contributed by atoms with Gasteiger partial charge < -0.3 is 10.2 Å². The zero-order chi connectivity index (χ0) is 13.2. The minimum absolute atomic E-state index is 0.0904. The van der Waals surface area contributed by atoms with E-state index in [2.05, 4.69) is 23.3 Å². The molecule has 0 radical (unpaired) electrons. The van der Waals surface area contributed by atoms with Gasteiger partial charge in [0.1, 0.15) is 0 Å². The maximum absolute atomic E-state index is 12.4. The number of hydrogen-bond donors (Lipinski definition) is 1. The minimum atomic E-state index is 0.0904. The topological polar surface area (TPSA) is 45.2 Å². The van der Waals surface area contributed by atoms with Crippen molar-refractivity contribution in [3.8, 4) is 0 Å². The monoisotopic (exact) mass is 273 g/mol. The van der Waals surface area contributed by atoms with E-state index in [0.717, 1.165) is 17.2 Å². The van der Waals surface area contributed by atoms with Crippen LogP contribution in [0.4, 0.5) is 10.8 Å². The molecule has 5 heteroatoms. The van der Waals surface area contributed by atoms with Crippen LogP contribution in [0.3, 0.4) is 0 Å². The Morgan fingerprint density at radius 2 is 2.37 bits per heavy atom. The van der Waals surface area contributed by atoms with Gasteiger partial charge in [-0.05, 0) is 25.0 Å². The lowest BCUT2D eigenvalue weighted by molar-refractivity contribution is -0.117. The third kappa shape index (κ3) is 2.33. The molecule has 98 valence electrons. The third-order valence-electron chi connectivity index (χ3n) is 3.30. The van der Waals surface area contributed by atoms with Crippen molar-refractivity contribution in [1.82, 2.24) is 4.98 Å². The van der Waals surface area contributed by atoms with Crippen LogP contribution in [0.5, 0.6) is 0 Å². The molecule has 1 unspecified atom stereocenters. The lowest BCUT2D eigenvalue weighted by Gasteiger charge is -2.22. The number of carbonyl (C=O) groups excluding carboxylic acids is 1. The largest absolute Gasteiger partial charge is 0.352 e. The molecule has 19 heavy (non-hydrogen) atoms. The average molecular weight is 273 g/mol. The first-order valence-corrected chi connectivity index (χ1v) is 7.17. The fourth-order valence-electron chi connectivity index (χ4n) is 2.49. The van der Waals surface area contributed by atoms with Crippen molar-refractivity contribution < 1.29 is 4.79 Å². The Kier molecular flexibility index (Phi) is 3.21. The van der Waals surface area contributed by atoms with Gasteiger partial charge in [0, 0.05) is 23.3 Å². The molecule has 0 saturated heterocycles. The summed E-state index contributed by atoms with van der Waals surface area (Å²) < 4.78 is 0. The number of hydrogen-bond acceptors (Lipinski definition) is 4. The van der Waals surface area contributed by atoms with Gasteiger partial charge in [-0.3, -0.25) is 4.79 Å². The summed E-state index contributed by atoms with van der Waals surface area (Å²) in [6, 6.07) is 8.33. The Morgan fingerprint density at radius 3 is 3.16 bits per heavy atom. The third-order valence-corrected chi connectivity index (χ3v) is 4.03. The summed E-state index contributed by atoms with van der Waals surface area (Å²) >= 11 is 1.50. The molecule has 1 N–H and O–H groups in total. The van der Waals surface area contributed by atoms with Crippen molar-refractivity contribution in [1.29, 1.82) is 0 Å². The standard InChI is InChI=1S/C14H15N3OS/c1-10-8-11-4-2-3-5-12(11)17(10)13(18)9-16-14-15-6-7-19-14/h2-7,10H,8-9H2,1H3,(H,15,16). The molecule has 1 aromatic heterocycles. The van der Waals surface area contributed by atoms with Crippen LogP contribution < -0.4 is 10.2 Å². The van der Waals surface area contributed by atoms with Gasteiger partial charge in [0.25, 0.3) is 0 Å². The van der Waals surface area contributed by atoms with E-state index >= 15 is 0 Å². The molecule has 0 aliphatic carbocycles. The molecule has 1 atom stereocenters. The zero-order valence-electron chi connectivity index (χ0n) is 10.7. The van der Waals surface area contributed by atoms with Crippen LogP contribution in [0.25, 0.3) is 0 Å². The molecule has 2 heterocycles. The predicted octanol–water partition coefficient (Wildman–Crippen LogP) is 2.53. The summed E-state index contributed by atoms with van der Waals surface area (Å²) in [5.74, 6) is 0.0904.